The number of likely N-dealkylation sites (tertiary alicyclic amines) is 1. The molecule has 1 aliphatic heterocycles. The number of carbonyl (C=O) groups excluding carboxylic acids is 1. The SMILES string of the molecule is O=C(c1cccc(OC(F)F)c1)N1CCC(CO)CC1. The number of hydrogen-bond acceptors (Lipinski definition) is 3. The average molecular weight is 285 g/mol. The van der Waals surface area contributed by atoms with Gasteiger partial charge in [-0.05, 0) is 37.0 Å². The highest BCUT2D eigenvalue weighted by atomic mass is 19.3. The van der Waals surface area contributed by atoms with E-state index in [2.05, 4.69) is 4.74 Å². The summed E-state index contributed by atoms with van der Waals surface area (Å²) in [4.78, 5) is 13.9. The number of amides is 1. The summed E-state index contributed by atoms with van der Waals surface area (Å²) in [6.45, 7) is -1.62. The third-order valence-electron chi connectivity index (χ3n) is 3.47. The van der Waals surface area contributed by atoms with Crippen LogP contribution in [0, 0.1) is 5.92 Å². The lowest BCUT2D eigenvalue weighted by molar-refractivity contribution is -0.0499. The van der Waals surface area contributed by atoms with E-state index in [0.29, 0.717) is 18.7 Å². The summed E-state index contributed by atoms with van der Waals surface area (Å²) in [5.41, 5.74) is 0.339. The monoisotopic (exact) mass is 285 g/mol. The second-order valence-electron chi connectivity index (χ2n) is 4.82. The van der Waals surface area contributed by atoms with Crippen LogP contribution >= 0.6 is 0 Å². The van der Waals surface area contributed by atoms with Crippen molar-refractivity contribution in [1.82, 2.24) is 4.90 Å². The number of carbonyl (C=O) groups is 1. The van der Waals surface area contributed by atoms with Crippen LogP contribution < -0.4 is 4.74 Å². The van der Waals surface area contributed by atoms with Gasteiger partial charge >= 0.3 is 6.61 Å². The highest BCUT2D eigenvalue weighted by Gasteiger charge is 2.23. The van der Waals surface area contributed by atoms with E-state index in [4.69, 9.17) is 5.11 Å². The molecule has 1 N–H and O–H groups in total. The number of hydrogen-bond donors (Lipinski definition) is 1. The first-order valence-electron chi connectivity index (χ1n) is 6.55. The summed E-state index contributed by atoms with van der Waals surface area (Å²) in [6, 6.07) is 5.82. The number of nitrogens with zero attached hydrogens (tertiary/aromatic N) is 1. The molecule has 0 unspecified atom stereocenters. The van der Waals surface area contributed by atoms with Crippen molar-refractivity contribution in [2.24, 2.45) is 5.92 Å². The minimum Gasteiger partial charge on any atom is -0.435 e. The Morgan fingerprint density at radius 3 is 2.70 bits per heavy atom. The molecule has 1 aliphatic rings. The van der Waals surface area contributed by atoms with Crippen LogP contribution in [0.25, 0.3) is 0 Å². The number of piperidine rings is 1. The lowest BCUT2D eigenvalue weighted by Gasteiger charge is -2.31. The normalized spacial score (nSPS) is 16.5. The van der Waals surface area contributed by atoms with Crippen molar-refractivity contribution >= 4 is 5.91 Å². The third kappa shape index (κ3) is 3.66. The maximum absolute atomic E-state index is 12.3. The number of alkyl halides is 2. The highest BCUT2D eigenvalue weighted by molar-refractivity contribution is 5.94. The third-order valence-corrected chi connectivity index (χ3v) is 3.47. The molecule has 1 amide bonds. The van der Waals surface area contributed by atoms with E-state index in [9.17, 15) is 13.6 Å². The molecular weight excluding hydrogens is 268 g/mol. The zero-order valence-electron chi connectivity index (χ0n) is 11.0. The minimum absolute atomic E-state index is 0.0175. The first-order valence-corrected chi connectivity index (χ1v) is 6.55. The molecule has 0 aliphatic carbocycles. The van der Waals surface area contributed by atoms with E-state index in [-0.39, 0.29) is 24.2 Å². The molecule has 0 atom stereocenters. The van der Waals surface area contributed by atoms with Gasteiger partial charge in [-0.25, -0.2) is 0 Å². The summed E-state index contributed by atoms with van der Waals surface area (Å²) < 4.78 is 28.6. The van der Waals surface area contributed by atoms with Gasteiger partial charge in [-0.1, -0.05) is 6.07 Å². The van der Waals surface area contributed by atoms with Crippen LogP contribution in [0.1, 0.15) is 23.2 Å². The van der Waals surface area contributed by atoms with Crippen molar-refractivity contribution in [1.29, 1.82) is 0 Å². The fraction of sp³-hybridized carbons (Fsp3) is 0.500. The van der Waals surface area contributed by atoms with Crippen molar-refractivity contribution < 1.29 is 23.4 Å². The predicted octanol–water partition coefficient (Wildman–Crippen LogP) is 2.13. The van der Waals surface area contributed by atoms with Gasteiger partial charge in [0.15, 0.2) is 0 Å². The second-order valence-corrected chi connectivity index (χ2v) is 4.82. The van der Waals surface area contributed by atoms with Gasteiger partial charge in [-0.2, -0.15) is 8.78 Å². The standard InChI is InChI=1S/C14H17F2NO3/c15-14(16)20-12-3-1-2-11(8-12)13(19)17-6-4-10(9-18)5-7-17/h1-3,8,10,14,18H,4-7,9H2. The van der Waals surface area contributed by atoms with Gasteiger partial charge in [-0.3, -0.25) is 4.79 Å². The quantitative estimate of drug-likeness (QED) is 0.922. The first-order chi connectivity index (χ1) is 9.60. The maximum atomic E-state index is 12.3. The number of rotatable bonds is 4. The van der Waals surface area contributed by atoms with E-state index in [1.54, 1.807) is 11.0 Å². The Morgan fingerprint density at radius 1 is 1.40 bits per heavy atom. The van der Waals surface area contributed by atoms with Crippen LogP contribution in [0.2, 0.25) is 0 Å². The highest BCUT2D eigenvalue weighted by Crippen LogP contribution is 2.21. The molecule has 1 heterocycles. The Labute approximate surface area is 116 Å². The van der Waals surface area contributed by atoms with Gasteiger partial charge in [0.05, 0.1) is 0 Å². The molecule has 1 fully saturated rings. The first kappa shape index (κ1) is 14.7. The van der Waals surface area contributed by atoms with E-state index in [1.807, 2.05) is 0 Å². The Balaban J connectivity index is 2.02. The molecule has 1 saturated heterocycles. The number of benzene rings is 1. The van der Waals surface area contributed by atoms with Crippen LogP contribution in [0.15, 0.2) is 24.3 Å². The molecule has 1 aromatic rings. The molecular formula is C14H17F2NO3. The van der Waals surface area contributed by atoms with Crippen LogP contribution in [0.3, 0.4) is 0 Å². The fourth-order valence-electron chi connectivity index (χ4n) is 2.31. The molecule has 4 nitrogen and oxygen atoms in total. The van der Waals surface area contributed by atoms with Crippen molar-refractivity contribution in [2.75, 3.05) is 19.7 Å². The molecule has 0 radical (unpaired) electrons. The van der Waals surface area contributed by atoms with Gasteiger partial charge in [0.25, 0.3) is 5.91 Å². The van der Waals surface area contributed by atoms with E-state index < -0.39 is 6.61 Å². The molecule has 0 bridgehead atoms. The van der Waals surface area contributed by atoms with Crippen molar-refractivity contribution in [3.8, 4) is 5.75 Å². The molecule has 0 aromatic heterocycles. The molecule has 2 rings (SSSR count). The molecule has 110 valence electrons. The Bertz CT molecular complexity index is 459. The smallest absolute Gasteiger partial charge is 0.387 e. The molecule has 0 spiro atoms. The second kappa shape index (κ2) is 6.65. The molecule has 0 saturated carbocycles. The topological polar surface area (TPSA) is 49.8 Å². The largest absolute Gasteiger partial charge is 0.435 e. The van der Waals surface area contributed by atoms with E-state index in [0.717, 1.165) is 12.8 Å². The van der Waals surface area contributed by atoms with Crippen molar-refractivity contribution in [2.45, 2.75) is 19.5 Å². The van der Waals surface area contributed by atoms with Crippen LogP contribution in [0.5, 0.6) is 5.75 Å². The van der Waals surface area contributed by atoms with Gasteiger partial charge in [0, 0.05) is 25.3 Å². The number of halogens is 2. The molecule has 6 heteroatoms. The van der Waals surface area contributed by atoms with Gasteiger partial charge in [-0.15, -0.1) is 0 Å². The van der Waals surface area contributed by atoms with E-state index in [1.165, 1.54) is 18.2 Å². The summed E-state index contributed by atoms with van der Waals surface area (Å²) in [5.74, 6) is 0.0322. The van der Waals surface area contributed by atoms with Crippen molar-refractivity contribution in [3.05, 3.63) is 29.8 Å². The summed E-state index contributed by atoms with van der Waals surface area (Å²) >= 11 is 0. The number of aliphatic hydroxyl groups is 1. The fourth-order valence-corrected chi connectivity index (χ4v) is 2.31. The van der Waals surface area contributed by atoms with Gasteiger partial charge in [0.1, 0.15) is 5.75 Å². The number of aliphatic hydroxyl groups excluding tert-OH is 1. The number of ether oxygens (including phenoxy) is 1. The minimum atomic E-state index is -2.90. The molecule has 20 heavy (non-hydrogen) atoms. The Morgan fingerprint density at radius 2 is 2.10 bits per heavy atom. The van der Waals surface area contributed by atoms with E-state index >= 15 is 0 Å². The average Bonchev–Trinajstić information content (AvgIpc) is 2.46. The lowest BCUT2D eigenvalue weighted by Crippen LogP contribution is -2.39. The van der Waals surface area contributed by atoms with Crippen LogP contribution in [0.4, 0.5) is 8.78 Å². The predicted molar refractivity (Wildman–Crippen MR) is 68.8 cm³/mol. The zero-order valence-corrected chi connectivity index (χ0v) is 11.0. The summed E-state index contributed by atoms with van der Waals surface area (Å²) in [6.07, 6.45) is 1.52. The van der Waals surface area contributed by atoms with Crippen molar-refractivity contribution in [3.63, 3.8) is 0 Å². The lowest BCUT2D eigenvalue weighted by atomic mass is 9.97. The summed E-state index contributed by atoms with van der Waals surface area (Å²) in [7, 11) is 0. The Hall–Kier alpha value is -1.69. The molecule has 1 aromatic carbocycles. The zero-order chi connectivity index (χ0) is 14.5. The maximum Gasteiger partial charge on any atom is 0.387 e. The van der Waals surface area contributed by atoms with Gasteiger partial charge in [0.2, 0.25) is 0 Å². The van der Waals surface area contributed by atoms with Gasteiger partial charge < -0.3 is 14.7 Å². The van der Waals surface area contributed by atoms with Crippen LogP contribution in [-0.4, -0.2) is 42.2 Å². The summed E-state index contributed by atoms with van der Waals surface area (Å²) in [5, 5.41) is 9.06. The Kier molecular flexibility index (Phi) is 4.89. The van der Waals surface area contributed by atoms with Crippen LogP contribution in [-0.2, 0) is 0 Å².